The summed E-state index contributed by atoms with van der Waals surface area (Å²) in [6, 6.07) is 9.26. The highest BCUT2D eigenvalue weighted by molar-refractivity contribution is 9.10. The van der Waals surface area contributed by atoms with Gasteiger partial charge in [0.05, 0.1) is 24.8 Å². The first-order valence-corrected chi connectivity index (χ1v) is 10.7. The first kappa shape index (κ1) is 19.9. The molecule has 29 heavy (non-hydrogen) atoms. The maximum atomic E-state index is 13.1. The number of amides is 1. The highest BCUT2D eigenvalue weighted by Crippen LogP contribution is 2.37. The van der Waals surface area contributed by atoms with Crippen LogP contribution in [-0.4, -0.2) is 32.3 Å². The van der Waals surface area contributed by atoms with Crippen molar-refractivity contribution in [1.29, 1.82) is 0 Å². The van der Waals surface area contributed by atoms with Crippen LogP contribution in [0.15, 0.2) is 34.8 Å². The minimum Gasteiger partial charge on any atom is -0.490 e. The van der Waals surface area contributed by atoms with Crippen LogP contribution in [0.25, 0.3) is 0 Å². The second-order valence-corrected chi connectivity index (χ2v) is 7.90. The van der Waals surface area contributed by atoms with Crippen molar-refractivity contribution >= 4 is 21.8 Å². The van der Waals surface area contributed by atoms with Gasteiger partial charge in [-0.1, -0.05) is 19.4 Å². The van der Waals surface area contributed by atoms with E-state index in [0.717, 1.165) is 36.3 Å². The van der Waals surface area contributed by atoms with Crippen LogP contribution < -0.4 is 24.3 Å². The van der Waals surface area contributed by atoms with Gasteiger partial charge in [0.1, 0.15) is 13.2 Å². The van der Waals surface area contributed by atoms with Crippen LogP contribution in [0.4, 0.5) is 0 Å². The molecule has 154 valence electrons. The van der Waals surface area contributed by atoms with Gasteiger partial charge in [0, 0.05) is 10.9 Å². The predicted octanol–water partition coefficient (Wildman–Crippen LogP) is 4.65. The van der Waals surface area contributed by atoms with Crippen molar-refractivity contribution in [2.45, 2.75) is 32.2 Å². The van der Waals surface area contributed by atoms with Crippen LogP contribution in [0.3, 0.4) is 0 Å². The van der Waals surface area contributed by atoms with Crippen LogP contribution in [0.2, 0.25) is 0 Å². The third kappa shape index (κ3) is 4.45. The van der Waals surface area contributed by atoms with Crippen LogP contribution >= 0.6 is 15.9 Å². The second-order valence-electron chi connectivity index (χ2n) is 7.05. The lowest BCUT2D eigenvalue weighted by molar-refractivity contribution is 0.0932. The smallest absolute Gasteiger partial charge is 0.253 e. The van der Waals surface area contributed by atoms with Crippen LogP contribution in [0.5, 0.6) is 23.0 Å². The van der Waals surface area contributed by atoms with Crippen LogP contribution in [-0.2, 0) is 0 Å². The summed E-state index contributed by atoms with van der Waals surface area (Å²) in [7, 11) is 0. The molecular weight excluding hydrogens is 438 g/mol. The van der Waals surface area contributed by atoms with Gasteiger partial charge in [0.25, 0.3) is 5.91 Å². The fourth-order valence-electron chi connectivity index (χ4n) is 3.48. The SMILES string of the molecule is CCCC(NC(=O)c1cc2c(cc1Br)OCCO2)c1ccc2c(c1)OCCCO2. The van der Waals surface area contributed by atoms with Crippen molar-refractivity contribution in [3.8, 4) is 23.0 Å². The number of fused-ring (bicyclic) bond motifs is 2. The number of carbonyl (C=O) groups excluding carboxylic acids is 1. The monoisotopic (exact) mass is 461 g/mol. The molecule has 0 saturated carbocycles. The zero-order valence-electron chi connectivity index (χ0n) is 16.3. The number of hydrogen-bond donors (Lipinski definition) is 1. The van der Waals surface area contributed by atoms with E-state index in [4.69, 9.17) is 18.9 Å². The van der Waals surface area contributed by atoms with Crippen LogP contribution in [0, 0.1) is 0 Å². The van der Waals surface area contributed by atoms with Crippen LogP contribution in [0.1, 0.15) is 48.1 Å². The Balaban J connectivity index is 1.57. The first-order valence-electron chi connectivity index (χ1n) is 9.95. The maximum absolute atomic E-state index is 13.1. The fourth-order valence-corrected chi connectivity index (χ4v) is 3.98. The van der Waals surface area contributed by atoms with Gasteiger partial charge in [-0.3, -0.25) is 4.79 Å². The van der Waals surface area contributed by atoms with E-state index in [0.29, 0.717) is 48.0 Å². The van der Waals surface area contributed by atoms with Crippen molar-refractivity contribution in [2.24, 2.45) is 0 Å². The highest BCUT2D eigenvalue weighted by atomic mass is 79.9. The molecule has 0 saturated heterocycles. The van der Waals surface area contributed by atoms with E-state index < -0.39 is 0 Å². The topological polar surface area (TPSA) is 66.0 Å². The van der Waals surface area contributed by atoms with E-state index in [1.54, 1.807) is 12.1 Å². The van der Waals surface area contributed by atoms with Gasteiger partial charge in [-0.05, 0) is 52.2 Å². The molecule has 1 N–H and O–H groups in total. The number of nitrogens with one attached hydrogen (secondary N) is 1. The zero-order valence-corrected chi connectivity index (χ0v) is 17.9. The molecule has 2 aromatic carbocycles. The van der Waals surface area contributed by atoms with Gasteiger partial charge in [-0.25, -0.2) is 0 Å². The summed E-state index contributed by atoms with van der Waals surface area (Å²) < 4.78 is 23.4. The summed E-state index contributed by atoms with van der Waals surface area (Å²) in [4.78, 5) is 13.1. The van der Waals surface area contributed by atoms with Gasteiger partial charge >= 0.3 is 0 Å². The van der Waals surface area contributed by atoms with Crippen molar-refractivity contribution < 1.29 is 23.7 Å². The molecule has 0 bridgehead atoms. The van der Waals surface area contributed by atoms with Crippen molar-refractivity contribution in [1.82, 2.24) is 5.32 Å². The number of rotatable bonds is 5. The zero-order chi connectivity index (χ0) is 20.2. The molecule has 2 heterocycles. The van der Waals surface area contributed by atoms with Gasteiger partial charge in [0.2, 0.25) is 0 Å². The molecule has 0 aliphatic carbocycles. The lowest BCUT2D eigenvalue weighted by Gasteiger charge is -2.22. The van der Waals surface area contributed by atoms with Gasteiger partial charge < -0.3 is 24.3 Å². The van der Waals surface area contributed by atoms with E-state index in [9.17, 15) is 4.79 Å². The Morgan fingerprint density at radius 2 is 1.62 bits per heavy atom. The van der Waals surface area contributed by atoms with Crippen molar-refractivity contribution in [3.05, 3.63) is 45.9 Å². The molecule has 0 radical (unpaired) electrons. The molecular formula is C22H24BrNO5. The molecule has 0 fully saturated rings. The summed E-state index contributed by atoms with van der Waals surface area (Å²) in [5.74, 6) is 2.55. The van der Waals surface area contributed by atoms with E-state index >= 15 is 0 Å². The molecule has 2 aliphatic rings. The Kier molecular flexibility index (Phi) is 6.13. The molecule has 6 nitrogen and oxygen atoms in total. The molecule has 0 spiro atoms. The van der Waals surface area contributed by atoms with Gasteiger partial charge in [-0.2, -0.15) is 0 Å². The Labute approximate surface area is 178 Å². The summed E-state index contributed by atoms with van der Waals surface area (Å²) in [6.45, 7) is 4.37. The Bertz CT molecular complexity index is 901. The Morgan fingerprint density at radius 1 is 0.966 bits per heavy atom. The molecule has 0 aromatic heterocycles. The summed E-state index contributed by atoms with van der Waals surface area (Å²) in [5.41, 5.74) is 1.52. The predicted molar refractivity (Wildman–Crippen MR) is 112 cm³/mol. The van der Waals surface area contributed by atoms with Crippen molar-refractivity contribution in [2.75, 3.05) is 26.4 Å². The largest absolute Gasteiger partial charge is 0.490 e. The minimum atomic E-state index is -0.167. The summed E-state index contributed by atoms with van der Waals surface area (Å²) >= 11 is 3.49. The number of halogens is 1. The Morgan fingerprint density at radius 3 is 2.38 bits per heavy atom. The number of hydrogen-bond acceptors (Lipinski definition) is 5. The summed E-state index contributed by atoms with van der Waals surface area (Å²) in [5, 5.41) is 3.16. The third-order valence-corrected chi connectivity index (χ3v) is 5.59. The quantitative estimate of drug-likeness (QED) is 0.701. The molecule has 7 heteroatoms. The molecule has 2 aliphatic heterocycles. The number of benzene rings is 2. The minimum absolute atomic E-state index is 0.134. The van der Waals surface area contributed by atoms with Gasteiger partial charge in [-0.15, -0.1) is 0 Å². The average Bonchev–Trinajstić information content (AvgIpc) is 2.97. The lowest BCUT2D eigenvalue weighted by atomic mass is 10.0. The maximum Gasteiger partial charge on any atom is 0.253 e. The summed E-state index contributed by atoms with van der Waals surface area (Å²) in [6.07, 6.45) is 2.60. The standard InChI is InChI=1S/C22H24BrNO5/c1-2-4-17(14-5-6-18-19(11-14)27-8-3-7-26-18)24-22(25)15-12-20-21(13-16(15)23)29-10-9-28-20/h5-6,11-13,17H,2-4,7-10H2,1H3,(H,24,25). The van der Waals surface area contributed by atoms with Crippen molar-refractivity contribution in [3.63, 3.8) is 0 Å². The van der Waals surface area contributed by atoms with E-state index in [1.807, 2.05) is 18.2 Å². The fraction of sp³-hybridized carbons (Fsp3) is 0.409. The van der Waals surface area contributed by atoms with Gasteiger partial charge in [0.15, 0.2) is 23.0 Å². The molecule has 1 unspecified atom stereocenters. The lowest BCUT2D eigenvalue weighted by Crippen LogP contribution is -2.29. The number of carbonyl (C=O) groups is 1. The second kappa shape index (κ2) is 8.95. The normalized spacial score (nSPS) is 15.9. The van der Waals surface area contributed by atoms with E-state index in [2.05, 4.69) is 28.2 Å². The Hall–Kier alpha value is -2.41. The average molecular weight is 462 g/mol. The third-order valence-electron chi connectivity index (χ3n) is 4.93. The molecule has 2 aromatic rings. The first-order chi connectivity index (χ1) is 14.2. The van der Waals surface area contributed by atoms with E-state index in [-0.39, 0.29) is 11.9 Å². The number of ether oxygens (including phenoxy) is 4. The highest BCUT2D eigenvalue weighted by Gasteiger charge is 2.22. The molecule has 1 atom stereocenters. The molecule has 1 amide bonds. The van der Waals surface area contributed by atoms with E-state index in [1.165, 1.54) is 0 Å². The molecule has 4 rings (SSSR count).